The molecule has 0 saturated carbocycles. The summed E-state index contributed by atoms with van der Waals surface area (Å²) >= 11 is 17.2. The molecule has 0 spiro atoms. The number of alkyl carbamates (subject to hydrolysis) is 1. The molecule has 4 unspecified atom stereocenters. The summed E-state index contributed by atoms with van der Waals surface area (Å²) in [5.74, 6) is 1.88. The topological polar surface area (TPSA) is 333 Å². The summed E-state index contributed by atoms with van der Waals surface area (Å²) in [6.07, 6.45) is 3.83. The monoisotopic (exact) mass is 1600 g/mol. The number of amides is 1. The summed E-state index contributed by atoms with van der Waals surface area (Å²) in [5, 5.41) is 35.7. The zero-order chi connectivity index (χ0) is 78.5. The van der Waals surface area contributed by atoms with Crippen LogP contribution in [0.4, 0.5) is 4.79 Å². The molecule has 1 amide bonds. The molecular formula is C76H89Cl3N8O20S2. The van der Waals surface area contributed by atoms with E-state index in [9.17, 15) is 39.6 Å². The van der Waals surface area contributed by atoms with Gasteiger partial charge in [0.05, 0.1) is 74.2 Å². The van der Waals surface area contributed by atoms with Crippen molar-refractivity contribution in [1.82, 2.24) is 24.9 Å². The van der Waals surface area contributed by atoms with Crippen molar-refractivity contribution >= 4 is 88.3 Å². The third kappa shape index (κ3) is 14.9. The summed E-state index contributed by atoms with van der Waals surface area (Å²) in [5.41, 5.74) is 14.5. The summed E-state index contributed by atoms with van der Waals surface area (Å²) in [4.78, 5) is 74.6. The van der Waals surface area contributed by atoms with E-state index in [0.717, 1.165) is 27.8 Å². The number of nitriles is 2. The van der Waals surface area contributed by atoms with Crippen LogP contribution in [-0.4, -0.2) is 206 Å². The summed E-state index contributed by atoms with van der Waals surface area (Å²) in [6.45, 7) is 24.5. The summed E-state index contributed by atoms with van der Waals surface area (Å²) < 4.78 is 82.5. The molecule has 14 rings (SSSR count). The second kappa shape index (κ2) is 33.2. The van der Waals surface area contributed by atoms with Gasteiger partial charge >= 0.3 is 30.0 Å². The van der Waals surface area contributed by atoms with Gasteiger partial charge in [0, 0.05) is 114 Å². The summed E-state index contributed by atoms with van der Waals surface area (Å²) in [6, 6.07) is 1.85. The highest BCUT2D eigenvalue weighted by atomic mass is 35.6. The molecule has 4 saturated heterocycles. The first-order chi connectivity index (χ1) is 52.1. The van der Waals surface area contributed by atoms with E-state index in [1.165, 1.54) is 44.5 Å². The number of piperazine rings is 2. The van der Waals surface area contributed by atoms with Crippen LogP contribution >= 0.6 is 58.3 Å². The first-order valence-corrected chi connectivity index (χ1v) is 38.9. The molecule has 10 aliphatic heterocycles. The van der Waals surface area contributed by atoms with Crippen molar-refractivity contribution in [3.8, 4) is 69.6 Å². The second-order valence-corrected chi connectivity index (χ2v) is 32.9. The molecular weight excluding hydrogens is 1520 g/mol. The molecule has 10 aliphatic rings. The lowest BCUT2D eigenvalue weighted by Crippen LogP contribution is -2.70. The molecule has 109 heavy (non-hydrogen) atoms. The number of alkyl halides is 3. The maximum absolute atomic E-state index is 14.0. The van der Waals surface area contributed by atoms with Crippen molar-refractivity contribution in [2.75, 3.05) is 92.7 Å². The minimum Gasteiger partial charge on any atom is -0.504 e. The molecule has 33 heteroatoms. The van der Waals surface area contributed by atoms with Crippen molar-refractivity contribution in [3.05, 3.63) is 104 Å². The third-order valence-electron chi connectivity index (χ3n) is 21.1. The van der Waals surface area contributed by atoms with Gasteiger partial charge in [0.1, 0.15) is 54.5 Å². The fourth-order valence-electron chi connectivity index (χ4n) is 17.4. The predicted octanol–water partition coefficient (Wildman–Crippen LogP) is 10.1. The number of halogens is 3. The predicted molar refractivity (Wildman–Crippen MR) is 402 cm³/mol. The SMILES string of the molecule is C=CCN1[C@@H]2c3c(cc(C)c(OC)c3O)C[C@H]1[C@H](C#N)N1C2[C@@H]2SCC(N)C(=O)OC[C@H]1c1c3c(c(C)c(OC(C)=O)c12)OCO3.C=CCN1[C@@H]2c3c(cc(C)c(OC)c3OCOCCOC)C[C@H]1[C@H](C#N)N1C2[C@@H]2SCC(NC(=O)OC(C)(C)C)C(=O)OC[C@H]1c1c3c(c(C)c(OC(C)=O)c12)OCO3.ClC(Cl)Cl. The Labute approximate surface area is 655 Å². The van der Waals surface area contributed by atoms with Crippen molar-refractivity contribution in [3.63, 3.8) is 0 Å². The van der Waals surface area contributed by atoms with Crippen LogP contribution in [0.5, 0.6) is 57.5 Å². The van der Waals surface area contributed by atoms with Crippen molar-refractivity contribution < 1.29 is 95.4 Å². The number of cyclic esters (lactones) is 2. The maximum Gasteiger partial charge on any atom is 0.408 e. The molecule has 4 fully saturated rings. The lowest BCUT2D eigenvalue weighted by Gasteiger charge is -2.62. The van der Waals surface area contributed by atoms with Crippen LogP contribution in [0.3, 0.4) is 0 Å². The van der Waals surface area contributed by atoms with E-state index < -0.39 is 111 Å². The first kappa shape index (κ1) is 80.7. The number of esters is 4. The number of fused-ring (bicyclic) bond motifs is 18. The van der Waals surface area contributed by atoms with E-state index in [1.54, 1.807) is 41.1 Å². The molecule has 4 N–H and O–H groups in total. The van der Waals surface area contributed by atoms with Gasteiger partial charge in [-0.25, -0.2) is 9.59 Å². The minimum atomic E-state index is -1.12. The number of methoxy groups -OCH3 is 3. The van der Waals surface area contributed by atoms with Crippen molar-refractivity contribution in [1.29, 1.82) is 10.5 Å². The largest absolute Gasteiger partial charge is 0.504 e. The average Bonchev–Trinajstić information content (AvgIpc) is 1.37. The van der Waals surface area contributed by atoms with E-state index in [-0.39, 0.29) is 62.9 Å². The number of nitrogens with two attached hydrogens (primary N) is 1. The van der Waals surface area contributed by atoms with Gasteiger partial charge < -0.3 is 82.5 Å². The molecule has 28 nitrogen and oxygen atoms in total. The molecule has 8 bridgehead atoms. The smallest absolute Gasteiger partial charge is 0.408 e. The van der Waals surface area contributed by atoms with Crippen LogP contribution in [0, 0.1) is 50.4 Å². The van der Waals surface area contributed by atoms with Crippen LogP contribution in [0.15, 0.2) is 37.4 Å². The number of carbonyl (C=O) groups excluding carboxylic acids is 5. The number of rotatable bonds is 15. The molecule has 0 aromatic heterocycles. The van der Waals surface area contributed by atoms with E-state index >= 15 is 0 Å². The first-order valence-electron chi connectivity index (χ1n) is 35.5. The Balaban J connectivity index is 0.000000199. The molecule has 0 radical (unpaired) electrons. The lowest BCUT2D eigenvalue weighted by molar-refractivity contribution is -0.152. The second-order valence-electron chi connectivity index (χ2n) is 28.6. The lowest BCUT2D eigenvalue weighted by atomic mass is 9.71. The highest BCUT2D eigenvalue weighted by molar-refractivity contribution is 7.99. The Morgan fingerprint density at radius 3 is 1.61 bits per heavy atom. The zero-order valence-electron chi connectivity index (χ0n) is 62.5. The van der Waals surface area contributed by atoms with Crippen molar-refractivity contribution in [2.24, 2.45) is 5.73 Å². The molecule has 10 heterocycles. The minimum absolute atomic E-state index is 0.0276. The van der Waals surface area contributed by atoms with Crippen LogP contribution < -0.4 is 53.7 Å². The number of phenolic OH excluding ortho intramolecular Hbond substituents is 1. The quantitative estimate of drug-likeness (QED) is 0.0189. The molecule has 4 aromatic rings. The highest BCUT2D eigenvalue weighted by Crippen LogP contribution is 2.67. The number of carbonyl (C=O) groups is 5. The Morgan fingerprint density at radius 2 is 1.15 bits per heavy atom. The van der Waals surface area contributed by atoms with Crippen molar-refractivity contribution in [2.45, 2.75) is 168 Å². The third-order valence-corrected chi connectivity index (χ3v) is 23.9. The molecule has 14 atom stereocenters. The van der Waals surface area contributed by atoms with Crippen LogP contribution in [-0.2, 0) is 55.7 Å². The molecule has 4 aromatic carbocycles. The number of aromatic hydroxyl groups is 1. The number of ether oxygens (including phenoxy) is 14. The summed E-state index contributed by atoms with van der Waals surface area (Å²) in [7, 11) is 4.73. The molecule has 0 aliphatic carbocycles. The number of phenols is 1. The standard InChI is InChI=1S/C42H52N4O12S.C33H36N4O8S.CHCl3/c1-10-11-45-26-15-24-14-21(2)34(51-9)37(54-19-52-13-12-50-8)29(24)32(45)33-39-31-30(38-36(55-20-56-38)22(3)35(31)57-23(4)47)28(46(33)27(26)16-43)17-53-40(48)25(18-59-39)44-41(49)58-42(5,6)7;1-6-7-36-19-9-17-8-14(2)28(41-5)27(39)22(17)25(36)26-32-24-23(31-30(43-13-44-31)15(3)29(24)45-16(4)38)21(37(26)20(19)10-34)11-42-33(40)18(35)12-46-32;2-1(3)4/h10,14,25-28,32-33,39H,1,11-13,15,17-20H2,2-9H3,(H,44,49);6,8,18-21,25-26,32,39H,1,7,9,11-13,35H2,2-5H3;1H/t25?,26-,27-,28-,32+,33?,39+;18?,19-,20-,21-,25+,26?,32+;/m00./s1. The number of nitrogens with zero attached hydrogens (tertiary/aromatic N) is 6. The number of hydrogen-bond acceptors (Lipinski definition) is 29. The van der Waals surface area contributed by atoms with Crippen LogP contribution in [0.2, 0.25) is 0 Å². The Kier molecular flexibility index (Phi) is 24.6. The van der Waals surface area contributed by atoms with E-state index in [2.05, 4.69) is 56.3 Å². The maximum atomic E-state index is 14.0. The van der Waals surface area contributed by atoms with Gasteiger partial charge in [-0.3, -0.25) is 34.0 Å². The average molecular weight is 1610 g/mol. The van der Waals surface area contributed by atoms with Gasteiger partial charge in [0.15, 0.2) is 57.1 Å². The van der Waals surface area contributed by atoms with Gasteiger partial charge in [-0.05, 0) is 83.6 Å². The van der Waals surface area contributed by atoms with E-state index in [4.69, 9.17) is 107 Å². The van der Waals surface area contributed by atoms with Crippen LogP contribution in [0.1, 0.15) is 136 Å². The number of benzene rings is 4. The van der Waals surface area contributed by atoms with Gasteiger partial charge in [-0.2, -0.15) is 10.5 Å². The number of nitrogens with one attached hydrogen (secondary N) is 1. The van der Waals surface area contributed by atoms with Gasteiger partial charge in [0.2, 0.25) is 13.6 Å². The Hall–Kier alpha value is -7.82. The zero-order valence-corrected chi connectivity index (χ0v) is 66.4. The fraction of sp³-hybridized carbons (Fsp3) is 0.539. The van der Waals surface area contributed by atoms with E-state index in [1.807, 2.05) is 39.8 Å². The Bertz CT molecular complexity index is 4360. The Morgan fingerprint density at radius 1 is 0.679 bits per heavy atom. The number of hydrogen-bond donors (Lipinski definition) is 3. The fourth-order valence-corrected chi connectivity index (χ4v) is 20.4. The number of thioether (sulfide) groups is 2. The van der Waals surface area contributed by atoms with Gasteiger partial charge in [0.25, 0.3) is 0 Å². The van der Waals surface area contributed by atoms with E-state index in [0.29, 0.717) is 130 Å². The normalized spacial score (nSPS) is 26.7. The van der Waals surface area contributed by atoms with Crippen LogP contribution in [0.25, 0.3) is 0 Å². The van der Waals surface area contributed by atoms with Gasteiger partial charge in [-0.15, -0.1) is 36.7 Å². The number of aryl methyl sites for hydroxylation is 2. The molecule has 586 valence electrons. The highest BCUT2D eigenvalue weighted by Gasteiger charge is 2.64. The van der Waals surface area contributed by atoms with Gasteiger partial charge in [-0.1, -0.05) is 59.1 Å².